The third-order valence-corrected chi connectivity index (χ3v) is 3.99. The van der Waals surface area contributed by atoms with Crippen molar-refractivity contribution in [2.45, 2.75) is 33.6 Å². The Hall–Kier alpha value is -1.62. The van der Waals surface area contributed by atoms with Gasteiger partial charge in [-0.05, 0) is 44.0 Å². The van der Waals surface area contributed by atoms with Crippen LogP contribution in [0.2, 0.25) is 0 Å². The minimum absolute atomic E-state index is 0.757. The number of rotatable bonds is 6. The Bertz CT molecular complexity index is 613. The highest BCUT2D eigenvalue weighted by Crippen LogP contribution is 2.23. The highest BCUT2D eigenvalue weighted by molar-refractivity contribution is 9.10. The molecule has 0 bridgehead atoms. The average Bonchev–Trinajstić information content (AvgIpc) is 2.43. The van der Waals surface area contributed by atoms with Gasteiger partial charge in [-0.15, -0.1) is 0 Å². The molecule has 1 aromatic carbocycles. The van der Waals surface area contributed by atoms with Crippen LogP contribution in [0.1, 0.15) is 31.2 Å². The molecule has 0 atom stereocenters. The Morgan fingerprint density at radius 2 is 1.86 bits per heavy atom. The SMILES string of the molecule is CCCCNc1cc(Nc2ccc(Br)c(C)c2)nc(C)n1. The molecule has 0 aliphatic heterocycles. The normalized spacial score (nSPS) is 10.5. The average molecular weight is 349 g/mol. The summed E-state index contributed by atoms with van der Waals surface area (Å²) < 4.78 is 1.11. The molecular weight excluding hydrogens is 328 g/mol. The van der Waals surface area contributed by atoms with Crippen molar-refractivity contribution in [3.8, 4) is 0 Å². The van der Waals surface area contributed by atoms with E-state index < -0.39 is 0 Å². The van der Waals surface area contributed by atoms with Crippen LogP contribution in [0.5, 0.6) is 0 Å². The summed E-state index contributed by atoms with van der Waals surface area (Å²) in [4.78, 5) is 8.84. The van der Waals surface area contributed by atoms with E-state index >= 15 is 0 Å². The number of unbranched alkanes of at least 4 members (excludes halogenated alkanes) is 1. The zero-order chi connectivity index (χ0) is 15.2. The van der Waals surface area contributed by atoms with Gasteiger partial charge < -0.3 is 10.6 Å². The fraction of sp³-hybridized carbons (Fsp3) is 0.375. The van der Waals surface area contributed by atoms with Gasteiger partial charge in [0.15, 0.2) is 0 Å². The third kappa shape index (κ3) is 4.70. The molecule has 2 rings (SSSR count). The van der Waals surface area contributed by atoms with Crippen molar-refractivity contribution in [1.82, 2.24) is 9.97 Å². The van der Waals surface area contributed by atoms with Crippen LogP contribution < -0.4 is 10.6 Å². The predicted molar refractivity (Wildman–Crippen MR) is 92.3 cm³/mol. The van der Waals surface area contributed by atoms with Crippen molar-refractivity contribution >= 4 is 33.3 Å². The molecule has 4 nitrogen and oxygen atoms in total. The van der Waals surface area contributed by atoms with Crippen molar-refractivity contribution in [1.29, 1.82) is 0 Å². The number of nitrogens with one attached hydrogen (secondary N) is 2. The van der Waals surface area contributed by atoms with Gasteiger partial charge in [0.05, 0.1) is 0 Å². The summed E-state index contributed by atoms with van der Waals surface area (Å²) in [7, 11) is 0. The Morgan fingerprint density at radius 1 is 1.10 bits per heavy atom. The van der Waals surface area contributed by atoms with E-state index in [1.807, 2.05) is 25.1 Å². The van der Waals surface area contributed by atoms with E-state index in [4.69, 9.17) is 0 Å². The van der Waals surface area contributed by atoms with Crippen molar-refractivity contribution in [3.05, 3.63) is 40.1 Å². The fourth-order valence-corrected chi connectivity index (χ4v) is 2.23. The highest BCUT2D eigenvalue weighted by Gasteiger charge is 2.03. The van der Waals surface area contributed by atoms with Gasteiger partial charge in [-0.3, -0.25) is 0 Å². The van der Waals surface area contributed by atoms with Crippen LogP contribution >= 0.6 is 15.9 Å². The van der Waals surface area contributed by atoms with Gasteiger partial charge in [-0.2, -0.15) is 0 Å². The topological polar surface area (TPSA) is 49.8 Å². The first-order chi connectivity index (χ1) is 10.1. The second-order valence-electron chi connectivity index (χ2n) is 5.05. The quantitative estimate of drug-likeness (QED) is 0.735. The zero-order valence-electron chi connectivity index (χ0n) is 12.7. The number of benzene rings is 1. The molecule has 5 heteroatoms. The van der Waals surface area contributed by atoms with Gasteiger partial charge in [-0.25, -0.2) is 9.97 Å². The van der Waals surface area contributed by atoms with Gasteiger partial charge in [0.1, 0.15) is 17.5 Å². The molecule has 0 saturated heterocycles. The molecule has 0 aliphatic carbocycles. The Balaban J connectivity index is 2.13. The van der Waals surface area contributed by atoms with Gasteiger partial charge >= 0.3 is 0 Å². The smallest absolute Gasteiger partial charge is 0.136 e. The third-order valence-electron chi connectivity index (χ3n) is 3.10. The van der Waals surface area contributed by atoms with E-state index in [-0.39, 0.29) is 0 Å². The van der Waals surface area contributed by atoms with E-state index in [9.17, 15) is 0 Å². The van der Waals surface area contributed by atoms with Crippen LogP contribution in [-0.4, -0.2) is 16.5 Å². The summed E-state index contributed by atoms with van der Waals surface area (Å²) in [6.07, 6.45) is 2.30. The number of anilines is 3. The van der Waals surface area contributed by atoms with E-state index in [2.05, 4.69) is 56.4 Å². The summed E-state index contributed by atoms with van der Waals surface area (Å²) >= 11 is 3.51. The molecule has 0 fully saturated rings. The minimum atomic E-state index is 0.757. The second kappa shape index (κ2) is 7.41. The Labute approximate surface area is 134 Å². The minimum Gasteiger partial charge on any atom is -0.370 e. The van der Waals surface area contributed by atoms with Crippen molar-refractivity contribution < 1.29 is 0 Å². The zero-order valence-corrected chi connectivity index (χ0v) is 14.3. The van der Waals surface area contributed by atoms with Gasteiger partial charge in [0.25, 0.3) is 0 Å². The maximum absolute atomic E-state index is 4.44. The fourth-order valence-electron chi connectivity index (χ4n) is 1.99. The summed E-state index contributed by atoms with van der Waals surface area (Å²) in [5, 5.41) is 6.67. The molecule has 0 aliphatic rings. The van der Waals surface area contributed by atoms with E-state index in [0.29, 0.717) is 0 Å². The monoisotopic (exact) mass is 348 g/mol. The summed E-state index contributed by atoms with van der Waals surface area (Å²) in [5.41, 5.74) is 2.21. The molecule has 2 aromatic rings. The molecule has 1 heterocycles. The second-order valence-corrected chi connectivity index (χ2v) is 5.91. The number of aromatic nitrogens is 2. The van der Waals surface area contributed by atoms with E-state index in [0.717, 1.165) is 40.6 Å². The lowest BCUT2D eigenvalue weighted by Gasteiger charge is -2.11. The molecule has 0 saturated carbocycles. The number of nitrogens with zero attached hydrogens (tertiary/aromatic N) is 2. The lowest BCUT2D eigenvalue weighted by atomic mass is 10.2. The molecule has 1 aromatic heterocycles. The Morgan fingerprint density at radius 3 is 2.57 bits per heavy atom. The van der Waals surface area contributed by atoms with Gasteiger partial charge in [0, 0.05) is 22.8 Å². The molecule has 0 spiro atoms. The molecular formula is C16H21BrN4. The first-order valence-electron chi connectivity index (χ1n) is 7.21. The first-order valence-corrected chi connectivity index (χ1v) is 8.00. The number of aryl methyl sites for hydroxylation is 2. The molecule has 21 heavy (non-hydrogen) atoms. The number of hydrogen-bond donors (Lipinski definition) is 2. The lowest BCUT2D eigenvalue weighted by Crippen LogP contribution is -2.06. The van der Waals surface area contributed by atoms with Crippen LogP contribution in [-0.2, 0) is 0 Å². The van der Waals surface area contributed by atoms with Crippen LogP contribution in [0, 0.1) is 13.8 Å². The van der Waals surface area contributed by atoms with Crippen LogP contribution in [0.25, 0.3) is 0 Å². The predicted octanol–water partition coefficient (Wildman–Crippen LogP) is 4.81. The maximum atomic E-state index is 4.44. The summed E-state index contributed by atoms with van der Waals surface area (Å²) in [6.45, 7) is 7.08. The first kappa shape index (κ1) is 15.8. The lowest BCUT2D eigenvalue weighted by molar-refractivity contribution is 0.829. The molecule has 0 radical (unpaired) electrons. The molecule has 0 amide bonds. The van der Waals surface area contributed by atoms with E-state index in [1.165, 1.54) is 12.0 Å². The highest BCUT2D eigenvalue weighted by atomic mass is 79.9. The van der Waals surface area contributed by atoms with Crippen LogP contribution in [0.15, 0.2) is 28.7 Å². The van der Waals surface area contributed by atoms with Crippen LogP contribution in [0.3, 0.4) is 0 Å². The standard InChI is InChI=1S/C16H21BrN4/c1-4-5-8-18-15-10-16(20-12(3)19-15)21-13-6-7-14(17)11(2)9-13/h6-7,9-10H,4-5,8H2,1-3H3,(H2,18,19,20,21). The molecule has 2 N–H and O–H groups in total. The molecule has 112 valence electrons. The number of hydrogen-bond acceptors (Lipinski definition) is 4. The largest absolute Gasteiger partial charge is 0.370 e. The van der Waals surface area contributed by atoms with Gasteiger partial charge in [0.2, 0.25) is 0 Å². The van der Waals surface area contributed by atoms with E-state index in [1.54, 1.807) is 0 Å². The molecule has 0 unspecified atom stereocenters. The number of halogens is 1. The van der Waals surface area contributed by atoms with Crippen LogP contribution in [0.4, 0.5) is 17.3 Å². The van der Waals surface area contributed by atoms with Crippen molar-refractivity contribution in [2.24, 2.45) is 0 Å². The van der Waals surface area contributed by atoms with Crippen molar-refractivity contribution in [2.75, 3.05) is 17.2 Å². The summed E-state index contributed by atoms with van der Waals surface area (Å²) in [5.74, 6) is 2.43. The Kier molecular flexibility index (Phi) is 5.56. The van der Waals surface area contributed by atoms with Gasteiger partial charge in [-0.1, -0.05) is 29.3 Å². The summed E-state index contributed by atoms with van der Waals surface area (Å²) in [6, 6.07) is 8.09. The van der Waals surface area contributed by atoms with Crippen molar-refractivity contribution in [3.63, 3.8) is 0 Å². The maximum Gasteiger partial charge on any atom is 0.136 e.